The molecule has 0 aromatic heterocycles. The van der Waals surface area contributed by atoms with Gasteiger partial charge in [-0.1, -0.05) is 26.7 Å². The third kappa shape index (κ3) is 8.61. The number of aryl methyl sites for hydroxylation is 2. The second-order valence-electron chi connectivity index (χ2n) is 7.94. The maximum atomic E-state index is 12.1. The fraction of sp³-hybridized carbons (Fsp3) is 0.462. The quantitative estimate of drug-likeness (QED) is 0.229. The lowest BCUT2D eigenvalue weighted by molar-refractivity contribution is -0.136. The van der Waals surface area contributed by atoms with Crippen LogP contribution in [-0.2, 0) is 22.4 Å². The minimum Gasteiger partial charge on any atom is -0.508 e. The molecular formula is C26H34O6. The van der Waals surface area contributed by atoms with E-state index in [9.17, 15) is 19.8 Å². The third-order valence-corrected chi connectivity index (χ3v) is 5.18. The van der Waals surface area contributed by atoms with Crippen LogP contribution >= 0.6 is 0 Å². The van der Waals surface area contributed by atoms with Crippen molar-refractivity contribution in [2.75, 3.05) is 0 Å². The van der Waals surface area contributed by atoms with Gasteiger partial charge in [0.15, 0.2) is 0 Å². The first-order chi connectivity index (χ1) is 15.4. The molecule has 2 rings (SSSR count). The highest BCUT2D eigenvalue weighted by Gasteiger charge is 2.11. The first kappa shape index (κ1) is 25.2. The second-order valence-corrected chi connectivity index (χ2v) is 7.94. The number of unbranched alkanes of at least 4 members (excludes halogenated alkanes) is 3. The third-order valence-electron chi connectivity index (χ3n) is 5.18. The SMILES string of the molecule is CCCCc1cc(OC(=O)CCCCC(=O)Oc2ccc(O)c(CCCC)c2)ccc1O. The fourth-order valence-electron chi connectivity index (χ4n) is 3.29. The summed E-state index contributed by atoms with van der Waals surface area (Å²) in [5.74, 6) is 0.522. The van der Waals surface area contributed by atoms with Crippen LogP contribution < -0.4 is 9.47 Å². The molecular weight excluding hydrogens is 408 g/mol. The Morgan fingerprint density at radius 3 is 1.47 bits per heavy atom. The van der Waals surface area contributed by atoms with Gasteiger partial charge in [-0.25, -0.2) is 0 Å². The molecule has 6 heteroatoms. The van der Waals surface area contributed by atoms with Crippen LogP contribution in [-0.4, -0.2) is 22.2 Å². The summed E-state index contributed by atoms with van der Waals surface area (Å²) in [6.07, 6.45) is 6.79. The fourth-order valence-corrected chi connectivity index (χ4v) is 3.29. The van der Waals surface area contributed by atoms with Crippen molar-refractivity contribution in [3.8, 4) is 23.0 Å². The van der Waals surface area contributed by atoms with Crippen LogP contribution in [0.3, 0.4) is 0 Å². The second kappa shape index (κ2) is 13.4. The van der Waals surface area contributed by atoms with Gasteiger partial charge in [-0.15, -0.1) is 0 Å². The number of esters is 2. The average Bonchev–Trinajstić information content (AvgIpc) is 2.77. The first-order valence-electron chi connectivity index (χ1n) is 11.5. The molecule has 6 nitrogen and oxygen atoms in total. The molecule has 0 atom stereocenters. The van der Waals surface area contributed by atoms with Gasteiger partial charge in [0.05, 0.1) is 0 Å². The molecule has 0 saturated heterocycles. The molecule has 0 saturated carbocycles. The van der Waals surface area contributed by atoms with E-state index in [1.807, 2.05) is 0 Å². The average molecular weight is 443 g/mol. The van der Waals surface area contributed by atoms with Gasteiger partial charge in [0.1, 0.15) is 23.0 Å². The molecule has 0 bridgehead atoms. The summed E-state index contributed by atoms with van der Waals surface area (Å²) in [4.78, 5) is 24.2. The van der Waals surface area contributed by atoms with Crippen molar-refractivity contribution in [2.24, 2.45) is 0 Å². The van der Waals surface area contributed by atoms with Crippen LogP contribution in [0.2, 0.25) is 0 Å². The zero-order chi connectivity index (χ0) is 23.3. The molecule has 0 spiro atoms. The molecule has 174 valence electrons. The highest BCUT2D eigenvalue weighted by Crippen LogP contribution is 2.26. The number of phenolic OH excluding ortho intramolecular Hbond substituents is 2. The van der Waals surface area contributed by atoms with Crippen LogP contribution in [0.4, 0.5) is 0 Å². The van der Waals surface area contributed by atoms with Gasteiger partial charge in [0, 0.05) is 12.8 Å². The lowest BCUT2D eigenvalue weighted by Gasteiger charge is -2.09. The number of aromatic hydroxyl groups is 2. The van der Waals surface area contributed by atoms with Gasteiger partial charge in [-0.05, 0) is 86.1 Å². The van der Waals surface area contributed by atoms with Crippen molar-refractivity contribution in [3.05, 3.63) is 47.5 Å². The van der Waals surface area contributed by atoms with Crippen LogP contribution in [0.15, 0.2) is 36.4 Å². The minimum atomic E-state index is -0.371. The summed E-state index contributed by atoms with van der Waals surface area (Å²) >= 11 is 0. The van der Waals surface area contributed by atoms with E-state index in [4.69, 9.17) is 9.47 Å². The molecule has 2 aromatic rings. The van der Waals surface area contributed by atoms with Crippen molar-refractivity contribution in [3.63, 3.8) is 0 Å². The molecule has 0 aliphatic carbocycles. The van der Waals surface area contributed by atoms with Gasteiger partial charge in [0.2, 0.25) is 0 Å². The summed E-state index contributed by atoms with van der Waals surface area (Å²) in [5, 5.41) is 19.8. The summed E-state index contributed by atoms with van der Waals surface area (Å²) in [6.45, 7) is 4.15. The normalized spacial score (nSPS) is 10.7. The van der Waals surface area contributed by atoms with Crippen molar-refractivity contribution < 1.29 is 29.3 Å². The lowest BCUT2D eigenvalue weighted by atomic mass is 10.1. The molecule has 2 N–H and O–H groups in total. The molecule has 0 aliphatic heterocycles. The summed E-state index contributed by atoms with van der Waals surface area (Å²) in [6, 6.07) is 9.64. The predicted octanol–water partition coefficient (Wildman–Crippen LogP) is 5.85. The number of benzene rings is 2. The predicted molar refractivity (Wildman–Crippen MR) is 123 cm³/mol. The highest BCUT2D eigenvalue weighted by atomic mass is 16.5. The Morgan fingerprint density at radius 2 is 1.09 bits per heavy atom. The summed E-state index contributed by atoms with van der Waals surface area (Å²) in [5.41, 5.74) is 1.54. The topological polar surface area (TPSA) is 93.1 Å². The van der Waals surface area contributed by atoms with Crippen LogP contribution in [0.5, 0.6) is 23.0 Å². The Balaban J connectivity index is 1.73. The summed E-state index contributed by atoms with van der Waals surface area (Å²) in [7, 11) is 0. The number of carbonyl (C=O) groups is 2. The molecule has 2 aromatic carbocycles. The Bertz CT molecular complexity index is 816. The number of ether oxygens (including phenoxy) is 2. The van der Waals surface area contributed by atoms with Crippen LogP contribution in [0.25, 0.3) is 0 Å². The monoisotopic (exact) mass is 442 g/mol. The van der Waals surface area contributed by atoms with Crippen LogP contribution in [0.1, 0.15) is 76.3 Å². The number of carbonyl (C=O) groups excluding carboxylic acids is 2. The number of hydrogen-bond donors (Lipinski definition) is 2. The Kier molecular flexibility index (Phi) is 10.6. The van der Waals surface area contributed by atoms with E-state index >= 15 is 0 Å². The molecule has 0 aliphatic rings. The molecule has 0 amide bonds. The van der Waals surface area contributed by atoms with E-state index in [0.717, 1.165) is 49.7 Å². The molecule has 0 unspecified atom stereocenters. The van der Waals surface area contributed by atoms with E-state index in [1.54, 1.807) is 36.4 Å². The van der Waals surface area contributed by atoms with Crippen molar-refractivity contribution in [1.29, 1.82) is 0 Å². The van der Waals surface area contributed by atoms with Gasteiger partial charge < -0.3 is 19.7 Å². The number of rotatable bonds is 13. The van der Waals surface area contributed by atoms with Crippen LogP contribution in [0, 0.1) is 0 Å². The van der Waals surface area contributed by atoms with Crippen molar-refractivity contribution in [1.82, 2.24) is 0 Å². The summed E-state index contributed by atoms with van der Waals surface area (Å²) < 4.78 is 10.7. The number of phenols is 2. The van der Waals surface area contributed by atoms with E-state index in [0.29, 0.717) is 24.3 Å². The Labute approximate surface area is 190 Å². The molecule has 0 heterocycles. The maximum Gasteiger partial charge on any atom is 0.311 e. The smallest absolute Gasteiger partial charge is 0.311 e. The first-order valence-corrected chi connectivity index (χ1v) is 11.5. The number of hydrogen-bond acceptors (Lipinski definition) is 6. The zero-order valence-corrected chi connectivity index (χ0v) is 19.1. The van der Waals surface area contributed by atoms with E-state index < -0.39 is 0 Å². The van der Waals surface area contributed by atoms with Crippen molar-refractivity contribution >= 4 is 11.9 Å². The molecule has 0 radical (unpaired) electrons. The van der Waals surface area contributed by atoms with Gasteiger partial charge in [-0.2, -0.15) is 0 Å². The largest absolute Gasteiger partial charge is 0.508 e. The van der Waals surface area contributed by atoms with Gasteiger partial charge in [0.25, 0.3) is 0 Å². The van der Waals surface area contributed by atoms with E-state index in [2.05, 4.69) is 13.8 Å². The highest BCUT2D eigenvalue weighted by molar-refractivity contribution is 5.73. The zero-order valence-electron chi connectivity index (χ0n) is 19.1. The van der Waals surface area contributed by atoms with E-state index in [1.165, 1.54) is 0 Å². The Morgan fingerprint density at radius 1 is 0.688 bits per heavy atom. The molecule has 0 fully saturated rings. The van der Waals surface area contributed by atoms with Gasteiger partial charge in [-0.3, -0.25) is 9.59 Å². The Hall–Kier alpha value is -3.02. The van der Waals surface area contributed by atoms with Crippen molar-refractivity contribution in [2.45, 2.75) is 78.1 Å². The lowest BCUT2D eigenvalue weighted by Crippen LogP contribution is -2.10. The van der Waals surface area contributed by atoms with E-state index in [-0.39, 0.29) is 36.3 Å². The minimum absolute atomic E-state index is 0.193. The van der Waals surface area contributed by atoms with Gasteiger partial charge >= 0.3 is 11.9 Å². The molecule has 32 heavy (non-hydrogen) atoms. The standard InChI is InChI=1S/C26H34O6/c1-3-5-9-19-17-21(13-15-23(19)27)31-25(29)11-7-8-12-26(30)32-22-14-16-24(28)20(18-22)10-6-4-2/h13-18,27-28H,3-12H2,1-2H3. The maximum absolute atomic E-state index is 12.1.